The summed E-state index contributed by atoms with van der Waals surface area (Å²) in [6.45, 7) is 1.94. The van der Waals surface area contributed by atoms with Gasteiger partial charge < -0.3 is 20.5 Å². The zero-order chi connectivity index (χ0) is 13.8. The van der Waals surface area contributed by atoms with E-state index in [9.17, 15) is 9.59 Å². The molecule has 2 unspecified atom stereocenters. The molecule has 6 nitrogen and oxygen atoms in total. The number of benzene rings is 1. The third kappa shape index (κ3) is 3.15. The van der Waals surface area contributed by atoms with Gasteiger partial charge in [-0.25, -0.2) is 4.79 Å². The van der Waals surface area contributed by atoms with Crippen molar-refractivity contribution in [1.29, 1.82) is 0 Å². The number of carboxylic acids is 1. The predicted molar refractivity (Wildman–Crippen MR) is 68.1 cm³/mol. The quantitative estimate of drug-likeness (QED) is 0.767. The van der Waals surface area contributed by atoms with Crippen LogP contribution in [0, 0.1) is 0 Å². The van der Waals surface area contributed by atoms with E-state index in [1.54, 1.807) is 0 Å². The van der Waals surface area contributed by atoms with Gasteiger partial charge >= 0.3 is 12.0 Å². The summed E-state index contributed by atoms with van der Waals surface area (Å²) in [6, 6.07) is 5.91. The Morgan fingerprint density at radius 3 is 2.89 bits per heavy atom. The Balaban J connectivity index is 2.01. The molecular formula is C13H16N2O4. The normalized spacial score (nSPS) is 18.7. The fourth-order valence-electron chi connectivity index (χ4n) is 1.95. The molecule has 2 atom stereocenters. The second kappa shape index (κ2) is 5.60. The third-order valence-electron chi connectivity index (χ3n) is 2.98. The van der Waals surface area contributed by atoms with Crippen molar-refractivity contribution in [2.75, 3.05) is 6.61 Å². The molecule has 1 aromatic carbocycles. The minimum Gasteiger partial charge on any atom is -0.493 e. The number of urea groups is 1. The summed E-state index contributed by atoms with van der Waals surface area (Å²) < 4.78 is 5.49. The molecule has 0 fully saturated rings. The molecule has 2 rings (SSSR count). The number of aliphatic carboxylic acids is 1. The molecule has 0 spiro atoms. The summed E-state index contributed by atoms with van der Waals surface area (Å²) in [7, 11) is 0. The lowest BCUT2D eigenvalue weighted by molar-refractivity contribution is -0.138. The molecule has 1 aliphatic rings. The van der Waals surface area contributed by atoms with Gasteiger partial charge in [0.05, 0.1) is 12.6 Å². The van der Waals surface area contributed by atoms with Crippen molar-refractivity contribution in [3.05, 3.63) is 29.8 Å². The minimum absolute atomic E-state index is 0.161. The smallest absolute Gasteiger partial charge is 0.325 e. The first kappa shape index (κ1) is 13.2. The number of para-hydroxylation sites is 1. The number of carbonyl (C=O) groups is 2. The minimum atomic E-state index is -1.07. The first-order chi connectivity index (χ1) is 9.08. The van der Waals surface area contributed by atoms with Crippen LogP contribution in [0.25, 0.3) is 0 Å². The summed E-state index contributed by atoms with van der Waals surface area (Å²) in [5, 5.41) is 13.9. The van der Waals surface area contributed by atoms with Crippen molar-refractivity contribution in [1.82, 2.24) is 10.6 Å². The molecule has 1 heterocycles. The fourth-order valence-corrected chi connectivity index (χ4v) is 1.95. The number of amides is 2. The van der Waals surface area contributed by atoms with Gasteiger partial charge in [0, 0.05) is 12.0 Å². The lowest BCUT2D eigenvalue weighted by Crippen LogP contribution is -2.46. The molecule has 0 bridgehead atoms. The van der Waals surface area contributed by atoms with Crippen molar-refractivity contribution in [2.45, 2.75) is 25.4 Å². The fraction of sp³-hybridized carbons (Fsp3) is 0.385. The lowest BCUT2D eigenvalue weighted by atomic mass is 10.0. The third-order valence-corrected chi connectivity index (χ3v) is 2.98. The maximum absolute atomic E-state index is 11.7. The van der Waals surface area contributed by atoms with Crippen LogP contribution in [0.2, 0.25) is 0 Å². The Morgan fingerprint density at radius 2 is 2.16 bits per heavy atom. The van der Waals surface area contributed by atoms with Crippen molar-refractivity contribution in [3.8, 4) is 5.75 Å². The maximum atomic E-state index is 11.7. The van der Waals surface area contributed by atoms with Gasteiger partial charge in [-0.05, 0) is 13.0 Å². The van der Waals surface area contributed by atoms with Crippen LogP contribution in [0.5, 0.6) is 5.75 Å². The van der Waals surface area contributed by atoms with E-state index in [1.165, 1.54) is 6.92 Å². The molecule has 3 N–H and O–H groups in total. The molecule has 1 aromatic rings. The van der Waals surface area contributed by atoms with E-state index in [0.717, 1.165) is 11.3 Å². The van der Waals surface area contributed by atoms with Crippen LogP contribution in [-0.2, 0) is 4.79 Å². The lowest BCUT2D eigenvalue weighted by Gasteiger charge is -2.27. The molecule has 0 aliphatic carbocycles. The highest BCUT2D eigenvalue weighted by Gasteiger charge is 2.23. The molecule has 2 amide bonds. The number of fused-ring (bicyclic) bond motifs is 1. The Labute approximate surface area is 110 Å². The van der Waals surface area contributed by atoms with E-state index in [2.05, 4.69) is 10.6 Å². The second-order valence-electron chi connectivity index (χ2n) is 4.41. The number of rotatable bonds is 3. The molecular weight excluding hydrogens is 248 g/mol. The molecule has 0 radical (unpaired) electrons. The highest BCUT2D eigenvalue weighted by Crippen LogP contribution is 2.31. The van der Waals surface area contributed by atoms with E-state index in [4.69, 9.17) is 9.84 Å². The van der Waals surface area contributed by atoms with E-state index >= 15 is 0 Å². The Kier molecular flexibility index (Phi) is 3.89. The number of carboxylic acid groups (broad SMARTS) is 1. The molecule has 6 heteroatoms. The summed E-state index contributed by atoms with van der Waals surface area (Å²) >= 11 is 0. The number of ether oxygens (including phenoxy) is 1. The summed E-state index contributed by atoms with van der Waals surface area (Å²) in [4.78, 5) is 22.4. The molecule has 0 aromatic heterocycles. The number of hydrogen-bond acceptors (Lipinski definition) is 3. The van der Waals surface area contributed by atoms with Gasteiger partial charge in [0.15, 0.2) is 0 Å². The van der Waals surface area contributed by atoms with Gasteiger partial charge in [0.2, 0.25) is 0 Å². The first-order valence-electron chi connectivity index (χ1n) is 6.09. The molecule has 0 saturated carbocycles. The van der Waals surface area contributed by atoms with Gasteiger partial charge in [-0.15, -0.1) is 0 Å². The van der Waals surface area contributed by atoms with E-state index in [-0.39, 0.29) is 6.04 Å². The topological polar surface area (TPSA) is 87.7 Å². The highest BCUT2D eigenvalue weighted by atomic mass is 16.5. The Morgan fingerprint density at radius 1 is 1.42 bits per heavy atom. The monoisotopic (exact) mass is 264 g/mol. The standard InChI is InChI=1S/C13H16N2O4/c1-8(12(16)17)14-13(18)15-10-6-7-19-11-5-3-2-4-9(10)11/h2-5,8,10H,6-7H2,1H3,(H,16,17)(H2,14,15,18). The number of carbonyl (C=O) groups excluding carboxylic acids is 1. The van der Waals surface area contributed by atoms with Crippen molar-refractivity contribution in [2.24, 2.45) is 0 Å². The Hall–Kier alpha value is -2.24. The van der Waals surface area contributed by atoms with Crippen LogP contribution >= 0.6 is 0 Å². The largest absolute Gasteiger partial charge is 0.493 e. The predicted octanol–water partition coefficient (Wildman–Crippen LogP) is 1.28. The average Bonchev–Trinajstić information content (AvgIpc) is 2.39. The molecule has 0 saturated heterocycles. The average molecular weight is 264 g/mol. The number of hydrogen-bond donors (Lipinski definition) is 3. The molecule has 1 aliphatic heterocycles. The van der Waals surface area contributed by atoms with Crippen LogP contribution in [0.1, 0.15) is 24.9 Å². The highest BCUT2D eigenvalue weighted by molar-refractivity contribution is 5.82. The zero-order valence-electron chi connectivity index (χ0n) is 10.6. The Bertz CT molecular complexity index is 489. The van der Waals surface area contributed by atoms with Crippen LogP contribution in [-0.4, -0.2) is 29.8 Å². The van der Waals surface area contributed by atoms with Crippen molar-refractivity contribution < 1.29 is 19.4 Å². The van der Waals surface area contributed by atoms with E-state index in [0.29, 0.717) is 13.0 Å². The SMILES string of the molecule is CC(NC(=O)NC1CCOc2ccccc21)C(=O)O. The van der Waals surface area contributed by atoms with Gasteiger partial charge in [-0.3, -0.25) is 4.79 Å². The zero-order valence-corrected chi connectivity index (χ0v) is 10.6. The summed E-state index contributed by atoms with van der Waals surface area (Å²) in [5.74, 6) is -0.312. The van der Waals surface area contributed by atoms with Gasteiger partial charge in [0.1, 0.15) is 11.8 Å². The van der Waals surface area contributed by atoms with Gasteiger partial charge in [-0.1, -0.05) is 18.2 Å². The molecule has 19 heavy (non-hydrogen) atoms. The summed E-state index contributed by atoms with van der Waals surface area (Å²) in [6.07, 6.45) is 0.659. The van der Waals surface area contributed by atoms with Crippen molar-refractivity contribution in [3.63, 3.8) is 0 Å². The van der Waals surface area contributed by atoms with Gasteiger partial charge in [0.25, 0.3) is 0 Å². The van der Waals surface area contributed by atoms with Gasteiger partial charge in [-0.2, -0.15) is 0 Å². The van der Waals surface area contributed by atoms with Crippen LogP contribution in [0.4, 0.5) is 4.79 Å². The van der Waals surface area contributed by atoms with Crippen LogP contribution < -0.4 is 15.4 Å². The van der Waals surface area contributed by atoms with Crippen molar-refractivity contribution >= 4 is 12.0 Å². The van der Waals surface area contributed by atoms with Crippen LogP contribution in [0.15, 0.2) is 24.3 Å². The second-order valence-corrected chi connectivity index (χ2v) is 4.41. The summed E-state index contributed by atoms with van der Waals surface area (Å²) in [5.41, 5.74) is 0.909. The van der Waals surface area contributed by atoms with E-state index in [1.807, 2.05) is 24.3 Å². The van der Waals surface area contributed by atoms with Crippen LogP contribution in [0.3, 0.4) is 0 Å². The number of nitrogens with one attached hydrogen (secondary N) is 2. The molecule has 102 valence electrons. The first-order valence-corrected chi connectivity index (χ1v) is 6.09. The maximum Gasteiger partial charge on any atom is 0.325 e. The van der Waals surface area contributed by atoms with E-state index < -0.39 is 18.0 Å².